The molecule has 0 N–H and O–H groups in total. The topological polar surface area (TPSA) is 58.7 Å². The Morgan fingerprint density at radius 3 is 2.65 bits per heavy atom. The Labute approximate surface area is 109 Å². The molecule has 1 atom stereocenters. The Hall–Kier alpha value is -1.05. The van der Waals surface area contributed by atoms with E-state index in [2.05, 4.69) is 5.10 Å². The second kappa shape index (κ2) is 4.01. The summed E-state index contributed by atoms with van der Waals surface area (Å²) in [6.45, 7) is 3.85. The number of rotatable bonds is 2. The van der Waals surface area contributed by atoms with E-state index in [0.29, 0.717) is 24.2 Å². The number of hydrogen-bond acceptors (Lipinski definition) is 3. The molecule has 1 aliphatic carbocycles. The predicted octanol–water partition coefficient (Wildman–Crippen LogP) is 1.93. The van der Waals surface area contributed by atoms with Gasteiger partial charge in [0, 0.05) is 5.92 Å². The smallest absolute Gasteiger partial charge is 0.266 e. The largest absolute Gasteiger partial charge is 0.284 e. The van der Waals surface area contributed by atoms with Gasteiger partial charge in [-0.05, 0) is 25.8 Å². The SMILES string of the molecule is Cc1nn(C[C@H]2CC2(Cl)Cl)c(=O)c(C#N)c1C. The lowest BCUT2D eigenvalue weighted by Crippen LogP contribution is -2.28. The molecule has 1 fully saturated rings. The van der Waals surface area contributed by atoms with Gasteiger partial charge < -0.3 is 0 Å². The zero-order valence-electron chi connectivity index (χ0n) is 9.50. The number of alkyl halides is 2. The first-order valence-electron chi connectivity index (χ1n) is 5.23. The average Bonchev–Trinajstić information content (AvgIpc) is 2.83. The first-order chi connectivity index (χ1) is 7.86. The molecular weight excluding hydrogens is 261 g/mol. The van der Waals surface area contributed by atoms with Crippen LogP contribution < -0.4 is 5.56 Å². The van der Waals surface area contributed by atoms with Crippen LogP contribution in [0.1, 0.15) is 23.2 Å². The van der Waals surface area contributed by atoms with Crippen LogP contribution in [-0.2, 0) is 6.54 Å². The number of aryl methyl sites for hydroxylation is 1. The summed E-state index contributed by atoms with van der Waals surface area (Å²) in [6.07, 6.45) is 0.652. The molecule has 17 heavy (non-hydrogen) atoms. The van der Waals surface area contributed by atoms with Gasteiger partial charge in [-0.2, -0.15) is 10.4 Å². The molecule has 0 aromatic carbocycles. The molecule has 2 rings (SSSR count). The van der Waals surface area contributed by atoms with Crippen LogP contribution in [0.3, 0.4) is 0 Å². The van der Waals surface area contributed by atoms with Gasteiger partial charge in [-0.25, -0.2) is 4.68 Å². The lowest BCUT2D eigenvalue weighted by atomic mass is 10.1. The molecule has 4 nitrogen and oxygen atoms in total. The summed E-state index contributed by atoms with van der Waals surface area (Å²) in [4.78, 5) is 11.9. The predicted molar refractivity (Wildman–Crippen MR) is 65.2 cm³/mol. The first-order valence-corrected chi connectivity index (χ1v) is 5.98. The second-order valence-electron chi connectivity index (χ2n) is 4.35. The average molecular weight is 272 g/mol. The van der Waals surface area contributed by atoms with Crippen molar-refractivity contribution in [2.24, 2.45) is 5.92 Å². The van der Waals surface area contributed by atoms with Gasteiger partial charge in [0.25, 0.3) is 5.56 Å². The minimum atomic E-state index is -0.743. The fourth-order valence-corrected chi connectivity index (χ4v) is 2.21. The molecule has 1 aromatic rings. The number of halogens is 2. The number of aromatic nitrogens is 2. The van der Waals surface area contributed by atoms with Crippen molar-refractivity contribution in [2.45, 2.75) is 31.1 Å². The van der Waals surface area contributed by atoms with Crippen molar-refractivity contribution in [3.63, 3.8) is 0 Å². The Morgan fingerprint density at radius 2 is 2.18 bits per heavy atom. The van der Waals surface area contributed by atoms with Gasteiger partial charge in [0.2, 0.25) is 0 Å². The molecule has 0 amide bonds. The van der Waals surface area contributed by atoms with E-state index in [1.165, 1.54) is 4.68 Å². The lowest BCUT2D eigenvalue weighted by molar-refractivity contribution is 0.522. The highest BCUT2D eigenvalue weighted by molar-refractivity contribution is 6.50. The fourth-order valence-electron chi connectivity index (χ4n) is 1.70. The number of hydrogen-bond donors (Lipinski definition) is 0. The lowest BCUT2D eigenvalue weighted by Gasteiger charge is -2.08. The molecule has 0 aliphatic heterocycles. The summed E-state index contributed by atoms with van der Waals surface area (Å²) in [6, 6.07) is 1.92. The van der Waals surface area contributed by atoms with Gasteiger partial charge in [0.05, 0.1) is 12.2 Å². The van der Waals surface area contributed by atoms with Crippen molar-refractivity contribution < 1.29 is 0 Å². The Kier molecular flexibility index (Phi) is 2.92. The van der Waals surface area contributed by atoms with Crippen molar-refractivity contribution >= 4 is 23.2 Å². The molecule has 0 bridgehead atoms. The first kappa shape index (κ1) is 12.4. The van der Waals surface area contributed by atoms with E-state index in [-0.39, 0.29) is 17.0 Å². The van der Waals surface area contributed by atoms with Crippen molar-refractivity contribution in [1.29, 1.82) is 5.26 Å². The van der Waals surface area contributed by atoms with Crippen molar-refractivity contribution in [3.8, 4) is 6.07 Å². The maximum Gasteiger partial charge on any atom is 0.284 e. The summed E-state index contributed by atoms with van der Waals surface area (Å²) in [7, 11) is 0. The van der Waals surface area contributed by atoms with E-state index >= 15 is 0 Å². The third kappa shape index (κ3) is 2.18. The highest BCUT2D eigenvalue weighted by Crippen LogP contribution is 2.53. The van der Waals surface area contributed by atoms with Gasteiger partial charge in [-0.3, -0.25) is 4.79 Å². The molecule has 1 aliphatic rings. The van der Waals surface area contributed by atoms with Gasteiger partial charge in [-0.15, -0.1) is 23.2 Å². The van der Waals surface area contributed by atoms with Crippen LogP contribution in [0.25, 0.3) is 0 Å². The van der Waals surface area contributed by atoms with E-state index < -0.39 is 4.33 Å². The van der Waals surface area contributed by atoms with Gasteiger partial charge in [0.1, 0.15) is 16.0 Å². The van der Waals surface area contributed by atoms with Crippen molar-refractivity contribution in [3.05, 3.63) is 27.2 Å². The van der Waals surface area contributed by atoms with Crippen LogP contribution in [0.5, 0.6) is 0 Å². The van der Waals surface area contributed by atoms with E-state index in [1.54, 1.807) is 13.8 Å². The zero-order valence-corrected chi connectivity index (χ0v) is 11.0. The van der Waals surface area contributed by atoms with E-state index in [9.17, 15) is 4.79 Å². The van der Waals surface area contributed by atoms with Crippen LogP contribution in [0.15, 0.2) is 4.79 Å². The van der Waals surface area contributed by atoms with Crippen LogP contribution >= 0.6 is 23.2 Å². The molecule has 0 unspecified atom stereocenters. The third-order valence-electron chi connectivity index (χ3n) is 3.10. The van der Waals surface area contributed by atoms with Crippen LogP contribution in [0.4, 0.5) is 0 Å². The van der Waals surface area contributed by atoms with Crippen LogP contribution in [0, 0.1) is 31.1 Å². The molecule has 1 aromatic heterocycles. The summed E-state index contributed by atoms with van der Waals surface area (Å²) >= 11 is 11.8. The van der Waals surface area contributed by atoms with Gasteiger partial charge in [-0.1, -0.05) is 0 Å². The normalized spacial score (nSPS) is 21.0. The van der Waals surface area contributed by atoms with E-state index in [1.807, 2.05) is 6.07 Å². The van der Waals surface area contributed by atoms with Gasteiger partial charge in [0.15, 0.2) is 0 Å². The Balaban J connectivity index is 2.40. The highest BCUT2D eigenvalue weighted by atomic mass is 35.5. The number of nitriles is 1. The Bertz CT molecular complexity index is 571. The van der Waals surface area contributed by atoms with Crippen LogP contribution in [-0.4, -0.2) is 14.1 Å². The fraction of sp³-hybridized carbons (Fsp3) is 0.545. The molecule has 1 saturated carbocycles. The van der Waals surface area contributed by atoms with E-state index in [0.717, 1.165) is 0 Å². The third-order valence-corrected chi connectivity index (χ3v) is 4.02. The minimum absolute atomic E-state index is 0.0321. The molecular formula is C11H11Cl2N3O. The molecule has 0 saturated heterocycles. The second-order valence-corrected chi connectivity index (χ2v) is 5.89. The molecule has 0 spiro atoms. The quantitative estimate of drug-likeness (QED) is 0.773. The summed E-state index contributed by atoms with van der Waals surface area (Å²) in [5.74, 6) is 0.0321. The summed E-state index contributed by atoms with van der Waals surface area (Å²) in [5, 5.41) is 13.1. The Morgan fingerprint density at radius 1 is 1.59 bits per heavy atom. The maximum atomic E-state index is 11.9. The zero-order chi connectivity index (χ0) is 12.8. The standard InChI is InChI=1S/C11H11Cl2N3O/c1-6-7(2)15-16(10(17)9(6)4-14)5-8-3-11(8,12)13/h8H,3,5H2,1-2H3/t8-/m1/s1. The highest BCUT2D eigenvalue weighted by Gasteiger charge is 2.51. The van der Waals surface area contributed by atoms with Crippen LogP contribution in [0.2, 0.25) is 0 Å². The summed E-state index contributed by atoms with van der Waals surface area (Å²) < 4.78 is 0.546. The minimum Gasteiger partial charge on any atom is -0.266 e. The van der Waals surface area contributed by atoms with Crippen molar-refractivity contribution in [2.75, 3.05) is 0 Å². The van der Waals surface area contributed by atoms with Gasteiger partial charge >= 0.3 is 0 Å². The summed E-state index contributed by atoms with van der Waals surface area (Å²) in [5.41, 5.74) is 1.09. The molecule has 0 radical (unpaired) electrons. The van der Waals surface area contributed by atoms with E-state index in [4.69, 9.17) is 28.5 Å². The molecule has 90 valence electrons. The maximum absolute atomic E-state index is 11.9. The monoisotopic (exact) mass is 271 g/mol. The molecule has 6 heteroatoms. The van der Waals surface area contributed by atoms with Crippen molar-refractivity contribution in [1.82, 2.24) is 9.78 Å². The molecule has 1 heterocycles. The number of nitrogens with zero attached hydrogens (tertiary/aromatic N) is 3.